The highest BCUT2D eigenvalue weighted by Crippen LogP contribution is 2.32. The lowest BCUT2D eigenvalue weighted by molar-refractivity contribution is 0.302. The molecular weight excluding hydrogens is 654 g/mol. The van der Waals surface area contributed by atoms with E-state index in [4.69, 9.17) is 39.5 Å². The minimum absolute atomic E-state index is 0.383. The highest BCUT2D eigenvalue weighted by atomic mass is 127. The first kappa shape index (κ1) is 22.7. The van der Waals surface area contributed by atoms with Crippen molar-refractivity contribution < 1.29 is 4.74 Å². The van der Waals surface area contributed by atoms with E-state index in [-0.39, 0.29) is 0 Å². The lowest BCUT2D eigenvalue weighted by atomic mass is 10.0. The van der Waals surface area contributed by atoms with Gasteiger partial charge >= 0.3 is 0 Å². The molecule has 146 valence electrons. The van der Waals surface area contributed by atoms with Gasteiger partial charge in [0.05, 0.1) is 28.8 Å². The van der Waals surface area contributed by atoms with E-state index >= 15 is 0 Å². The summed E-state index contributed by atoms with van der Waals surface area (Å²) >= 11 is 22.7. The summed E-state index contributed by atoms with van der Waals surface area (Å²) < 4.78 is 7.90. The Labute approximate surface area is 211 Å². The van der Waals surface area contributed by atoms with Crippen LogP contribution in [0.1, 0.15) is 16.7 Å². The van der Waals surface area contributed by atoms with Crippen LogP contribution in [-0.4, -0.2) is 0 Å². The number of hydrogen-bond donors (Lipinski definition) is 0. The van der Waals surface area contributed by atoms with Crippen LogP contribution in [0, 0.1) is 18.5 Å². The molecule has 0 spiro atoms. The molecule has 0 N–H and O–H groups in total. The van der Waals surface area contributed by atoms with Gasteiger partial charge in [-0.2, -0.15) is 5.26 Å². The maximum atomic E-state index is 9.60. The molecule has 0 atom stereocenters. The van der Waals surface area contributed by atoms with Gasteiger partial charge in [-0.25, -0.2) is 0 Å². The van der Waals surface area contributed by atoms with Crippen LogP contribution in [0.4, 0.5) is 0 Å². The van der Waals surface area contributed by atoms with Crippen LogP contribution in [0.25, 0.3) is 11.6 Å². The van der Waals surface area contributed by atoms with Crippen molar-refractivity contribution in [2.75, 3.05) is 0 Å². The number of allylic oxidation sites excluding steroid dienone is 1. The highest BCUT2D eigenvalue weighted by Gasteiger charge is 2.11. The van der Waals surface area contributed by atoms with Crippen molar-refractivity contribution in [1.29, 1.82) is 5.26 Å². The normalized spacial score (nSPS) is 11.2. The topological polar surface area (TPSA) is 33.0 Å². The fourth-order valence-corrected chi connectivity index (χ4v) is 5.19. The van der Waals surface area contributed by atoms with Crippen molar-refractivity contribution in [3.05, 3.63) is 93.5 Å². The number of nitrogens with zero attached hydrogens (tertiary/aromatic N) is 1. The van der Waals surface area contributed by atoms with Gasteiger partial charge in [0, 0.05) is 10.6 Å². The van der Waals surface area contributed by atoms with Crippen LogP contribution in [0.3, 0.4) is 0 Å². The third kappa shape index (κ3) is 5.80. The molecule has 0 bridgehead atoms. The second kappa shape index (κ2) is 10.4. The number of rotatable bonds is 5. The molecule has 0 heterocycles. The van der Waals surface area contributed by atoms with E-state index in [1.807, 2.05) is 42.5 Å². The van der Waals surface area contributed by atoms with Gasteiger partial charge in [-0.1, -0.05) is 59.1 Å². The van der Waals surface area contributed by atoms with Crippen molar-refractivity contribution in [2.45, 2.75) is 6.61 Å². The Balaban J connectivity index is 1.88. The predicted octanol–water partition coefficient (Wildman–Crippen LogP) is 8.50. The van der Waals surface area contributed by atoms with Crippen LogP contribution in [0.5, 0.6) is 5.75 Å². The van der Waals surface area contributed by atoms with E-state index in [1.165, 1.54) is 0 Å². The summed E-state index contributed by atoms with van der Waals surface area (Å²) in [5.74, 6) is 0.788. The molecule has 3 aromatic carbocycles. The predicted molar refractivity (Wildman–Crippen MR) is 138 cm³/mol. The van der Waals surface area contributed by atoms with E-state index in [1.54, 1.807) is 18.2 Å². The Morgan fingerprint density at radius 3 is 2.24 bits per heavy atom. The SMILES string of the molecule is N#C/C(=C/c1cc(I)c(OCc2ccccc2Cl)c(I)c1)c1ccc(Cl)c(Cl)c1. The zero-order valence-electron chi connectivity index (χ0n) is 14.7. The average Bonchev–Trinajstić information content (AvgIpc) is 2.69. The fraction of sp³-hybridized carbons (Fsp3) is 0.0455. The average molecular weight is 667 g/mol. The van der Waals surface area contributed by atoms with Gasteiger partial charge in [0.1, 0.15) is 12.4 Å². The molecule has 0 aliphatic carbocycles. The van der Waals surface area contributed by atoms with Gasteiger partial charge in [0.15, 0.2) is 0 Å². The molecule has 0 aromatic heterocycles. The minimum Gasteiger partial charge on any atom is -0.487 e. The molecule has 0 saturated carbocycles. The summed E-state index contributed by atoms with van der Waals surface area (Å²) in [7, 11) is 0. The molecule has 3 aromatic rings. The molecule has 0 fully saturated rings. The molecule has 0 aliphatic heterocycles. The smallest absolute Gasteiger partial charge is 0.146 e. The molecular formula is C22H12Cl3I2NO. The largest absolute Gasteiger partial charge is 0.487 e. The Morgan fingerprint density at radius 2 is 1.62 bits per heavy atom. The number of ether oxygens (including phenoxy) is 1. The molecule has 0 unspecified atom stereocenters. The molecule has 0 aliphatic rings. The number of nitriles is 1. The molecule has 3 rings (SSSR count). The Bertz CT molecular complexity index is 1120. The Hall–Kier alpha value is -0.980. The van der Waals surface area contributed by atoms with Crippen molar-refractivity contribution in [2.24, 2.45) is 0 Å². The van der Waals surface area contributed by atoms with Crippen LogP contribution >= 0.6 is 80.0 Å². The van der Waals surface area contributed by atoms with Crippen LogP contribution in [0.15, 0.2) is 54.6 Å². The van der Waals surface area contributed by atoms with Crippen LogP contribution < -0.4 is 4.74 Å². The van der Waals surface area contributed by atoms with Crippen molar-refractivity contribution in [3.63, 3.8) is 0 Å². The highest BCUT2D eigenvalue weighted by molar-refractivity contribution is 14.1. The third-order valence-corrected chi connectivity index (χ3v) is 6.72. The van der Waals surface area contributed by atoms with Gasteiger partial charge in [-0.05, 0) is 92.7 Å². The van der Waals surface area contributed by atoms with Gasteiger partial charge in [0.2, 0.25) is 0 Å². The summed E-state index contributed by atoms with van der Waals surface area (Å²) in [4.78, 5) is 0. The first-order chi connectivity index (χ1) is 13.9. The standard InChI is InChI=1S/C22H12Cl3I2NO/c23-17-4-2-1-3-15(17)12-29-22-20(26)8-13(9-21(22)27)7-16(11-28)14-5-6-18(24)19(25)10-14/h1-10H,12H2/b16-7-. The quantitative estimate of drug-likeness (QED) is 0.156. The molecule has 0 amide bonds. The van der Waals surface area contributed by atoms with Crippen molar-refractivity contribution in [1.82, 2.24) is 0 Å². The van der Waals surface area contributed by atoms with E-state index < -0.39 is 0 Å². The van der Waals surface area contributed by atoms with Crippen molar-refractivity contribution >= 4 is 91.6 Å². The van der Waals surface area contributed by atoms with Gasteiger partial charge in [-0.15, -0.1) is 0 Å². The second-order valence-corrected chi connectivity index (χ2v) is 9.54. The minimum atomic E-state index is 0.383. The lowest BCUT2D eigenvalue weighted by Crippen LogP contribution is -2.00. The van der Waals surface area contributed by atoms with E-state index in [9.17, 15) is 5.26 Å². The summed E-state index contributed by atoms with van der Waals surface area (Å²) in [6.45, 7) is 0.383. The Kier molecular flexibility index (Phi) is 8.11. The monoisotopic (exact) mass is 665 g/mol. The molecule has 29 heavy (non-hydrogen) atoms. The Morgan fingerprint density at radius 1 is 0.931 bits per heavy atom. The fourth-order valence-electron chi connectivity index (χ4n) is 2.58. The van der Waals surface area contributed by atoms with Crippen molar-refractivity contribution in [3.8, 4) is 11.8 Å². The molecule has 7 heteroatoms. The third-order valence-electron chi connectivity index (χ3n) is 4.01. The maximum Gasteiger partial charge on any atom is 0.146 e. The van der Waals surface area contributed by atoms with Crippen LogP contribution in [-0.2, 0) is 6.61 Å². The zero-order valence-corrected chi connectivity index (χ0v) is 21.3. The number of benzene rings is 3. The maximum absolute atomic E-state index is 9.60. The van der Waals surface area contributed by atoms with E-state index in [0.29, 0.717) is 32.8 Å². The van der Waals surface area contributed by atoms with E-state index in [0.717, 1.165) is 24.0 Å². The molecule has 2 nitrogen and oxygen atoms in total. The van der Waals surface area contributed by atoms with Crippen LogP contribution in [0.2, 0.25) is 15.1 Å². The molecule has 0 radical (unpaired) electrons. The summed E-state index contributed by atoms with van der Waals surface area (Å²) in [6, 6.07) is 18.9. The van der Waals surface area contributed by atoms with Gasteiger partial charge in [-0.3, -0.25) is 0 Å². The first-order valence-electron chi connectivity index (χ1n) is 8.31. The number of halogens is 5. The zero-order chi connectivity index (χ0) is 21.0. The number of hydrogen-bond acceptors (Lipinski definition) is 2. The summed E-state index contributed by atoms with van der Waals surface area (Å²) in [6.07, 6.45) is 1.82. The first-order valence-corrected chi connectivity index (χ1v) is 11.6. The summed E-state index contributed by atoms with van der Waals surface area (Å²) in [5, 5.41) is 11.1. The summed E-state index contributed by atoms with van der Waals surface area (Å²) in [5.41, 5.74) is 3.04. The lowest BCUT2D eigenvalue weighted by Gasteiger charge is -2.12. The van der Waals surface area contributed by atoms with Gasteiger partial charge in [0.25, 0.3) is 0 Å². The van der Waals surface area contributed by atoms with Gasteiger partial charge < -0.3 is 4.74 Å². The van der Waals surface area contributed by atoms with E-state index in [2.05, 4.69) is 51.3 Å². The molecule has 0 saturated heterocycles. The second-order valence-electron chi connectivity index (χ2n) is 5.99.